The normalized spacial score (nSPS) is 11.0. The number of aromatic nitrogens is 3. The lowest BCUT2D eigenvalue weighted by Crippen LogP contribution is -3.00. The van der Waals surface area contributed by atoms with E-state index >= 15 is 0 Å². The molecule has 0 fully saturated rings. The molecule has 0 unspecified atom stereocenters. The molecule has 0 radical (unpaired) electrons. The van der Waals surface area contributed by atoms with Gasteiger partial charge in [-0.05, 0) is 37.1 Å². The molecule has 0 aliphatic heterocycles. The lowest BCUT2D eigenvalue weighted by atomic mass is 10.1. The number of fused-ring (bicyclic) bond motifs is 3. The Bertz CT molecular complexity index is 949. The molecule has 0 aliphatic rings. The Morgan fingerprint density at radius 3 is 2.55 bits per heavy atom. The molecular formula is C18H18ClN3. The highest BCUT2D eigenvalue weighted by atomic mass is 35.5. The number of halogens is 1. The molecule has 0 aliphatic carbocycles. The second kappa shape index (κ2) is 5.50. The lowest BCUT2D eigenvalue weighted by molar-refractivity contribution is -0.638. The van der Waals surface area contributed by atoms with Gasteiger partial charge in [0, 0.05) is 0 Å². The number of H-pyrrole nitrogens is 1. The van der Waals surface area contributed by atoms with E-state index in [4.69, 9.17) is 0 Å². The Morgan fingerprint density at radius 2 is 1.73 bits per heavy atom. The van der Waals surface area contributed by atoms with Gasteiger partial charge < -0.3 is 12.4 Å². The molecule has 3 nitrogen and oxygen atoms in total. The number of imidazole rings is 2. The largest absolute Gasteiger partial charge is 1.00 e. The predicted octanol–water partition coefficient (Wildman–Crippen LogP) is 0.377. The van der Waals surface area contributed by atoms with Crippen molar-refractivity contribution in [3.8, 4) is 0 Å². The molecule has 112 valence electrons. The van der Waals surface area contributed by atoms with Crippen LogP contribution in [0.5, 0.6) is 0 Å². The first-order chi connectivity index (χ1) is 10.2. The lowest BCUT2D eigenvalue weighted by Gasteiger charge is -2.04. The highest BCUT2D eigenvalue weighted by Crippen LogP contribution is 2.16. The topological polar surface area (TPSA) is 24.1 Å². The summed E-state index contributed by atoms with van der Waals surface area (Å²) in [5, 5.41) is 0. The summed E-state index contributed by atoms with van der Waals surface area (Å²) in [6.45, 7) is 5.15. The van der Waals surface area contributed by atoms with Crippen molar-refractivity contribution < 1.29 is 17.0 Å². The molecule has 4 rings (SSSR count). The van der Waals surface area contributed by atoms with Crippen LogP contribution in [-0.4, -0.2) is 9.38 Å². The fourth-order valence-electron chi connectivity index (χ4n) is 3.03. The van der Waals surface area contributed by atoms with Crippen molar-refractivity contribution >= 4 is 16.8 Å². The van der Waals surface area contributed by atoms with E-state index < -0.39 is 0 Å². The maximum atomic E-state index is 3.48. The van der Waals surface area contributed by atoms with Gasteiger partial charge in [0.15, 0.2) is 0 Å². The summed E-state index contributed by atoms with van der Waals surface area (Å²) in [4.78, 5) is 3.48. The third kappa shape index (κ3) is 2.18. The third-order valence-corrected chi connectivity index (χ3v) is 4.14. The molecule has 2 aromatic carbocycles. The van der Waals surface area contributed by atoms with Crippen molar-refractivity contribution in [2.75, 3.05) is 0 Å². The van der Waals surface area contributed by atoms with Crippen molar-refractivity contribution in [1.82, 2.24) is 9.38 Å². The van der Waals surface area contributed by atoms with E-state index in [-0.39, 0.29) is 12.4 Å². The number of para-hydroxylation sites is 2. The van der Waals surface area contributed by atoms with Gasteiger partial charge in [0.25, 0.3) is 0 Å². The molecule has 0 spiro atoms. The smallest absolute Gasteiger partial charge is 0.368 e. The first-order valence-electron chi connectivity index (χ1n) is 7.27. The van der Waals surface area contributed by atoms with Crippen LogP contribution in [0.15, 0.2) is 54.7 Å². The number of hydrogen-bond donors (Lipinski definition) is 1. The number of rotatable bonds is 2. The number of hydrogen-bond acceptors (Lipinski definition) is 0. The predicted molar refractivity (Wildman–Crippen MR) is 84.5 cm³/mol. The number of nitrogens with zero attached hydrogens (tertiary/aromatic N) is 2. The minimum atomic E-state index is 0. The van der Waals surface area contributed by atoms with Gasteiger partial charge in [-0.25, -0.2) is 9.55 Å². The summed E-state index contributed by atoms with van der Waals surface area (Å²) in [6.07, 6.45) is 2.16. The van der Waals surface area contributed by atoms with Gasteiger partial charge in [-0.15, -0.1) is 0 Å². The zero-order valence-corrected chi connectivity index (χ0v) is 13.4. The zero-order valence-electron chi connectivity index (χ0n) is 12.7. The van der Waals surface area contributed by atoms with Crippen LogP contribution in [0.25, 0.3) is 16.8 Å². The van der Waals surface area contributed by atoms with Gasteiger partial charge in [-0.2, -0.15) is 4.40 Å². The average Bonchev–Trinajstić information content (AvgIpc) is 2.99. The van der Waals surface area contributed by atoms with Gasteiger partial charge in [0.05, 0.1) is 6.54 Å². The molecule has 0 atom stereocenters. The van der Waals surface area contributed by atoms with Crippen LogP contribution in [0.4, 0.5) is 0 Å². The minimum absolute atomic E-state index is 0. The number of aryl methyl sites for hydroxylation is 2. The van der Waals surface area contributed by atoms with E-state index in [0.29, 0.717) is 0 Å². The van der Waals surface area contributed by atoms with E-state index in [1.54, 1.807) is 0 Å². The molecule has 22 heavy (non-hydrogen) atoms. The maximum Gasteiger partial charge on any atom is 0.368 e. The molecule has 2 aromatic heterocycles. The van der Waals surface area contributed by atoms with E-state index in [9.17, 15) is 0 Å². The van der Waals surface area contributed by atoms with Crippen molar-refractivity contribution in [2.45, 2.75) is 20.4 Å². The van der Waals surface area contributed by atoms with Crippen LogP contribution in [0.3, 0.4) is 0 Å². The van der Waals surface area contributed by atoms with Gasteiger partial charge in [-0.3, -0.25) is 0 Å². The second-order valence-electron chi connectivity index (χ2n) is 5.63. The third-order valence-electron chi connectivity index (χ3n) is 4.14. The Labute approximate surface area is 135 Å². The van der Waals surface area contributed by atoms with Gasteiger partial charge in [0.1, 0.15) is 22.9 Å². The number of aromatic amines is 1. The fourth-order valence-corrected chi connectivity index (χ4v) is 3.03. The van der Waals surface area contributed by atoms with Crippen LogP contribution in [-0.2, 0) is 6.54 Å². The monoisotopic (exact) mass is 311 g/mol. The second-order valence-corrected chi connectivity index (χ2v) is 5.63. The first kappa shape index (κ1) is 14.7. The Balaban J connectivity index is 0.00000144. The van der Waals surface area contributed by atoms with Gasteiger partial charge in [-0.1, -0.05) is 36.4 Å². The molecule has 0 saturated carbocycles. The van der Waals surface area contributed by atoms with Gasteiger partial charge >= 0.3 is 5.78 Å². The SMILES string of the molecule is Cc1cn2c3ccccc3[n+](Cc3ccccc3C)c2[nH]1.[Cl-]. The number of benzene rings is 2. The number of nitrogens with one attached hydrogen (secondary N) is 1. The van der Waals surface area contributed by atoms with Crippen LogP contribution < -0.4 is 17.0 Å². The molecule has 0 bridgehead atoms. The summed E-state index contributed by atoms with van der Waals surface area (Å²) in [6, 6.07) is 17.1. The van der Waals surface area contributed by atoms with Crippen molar-refractivity contribution in [1.29, 1.82) is 0 Å². The van der Waals surface area contributed by atoms with Gasteiger partial charge in [0.2, 0.25) is 0 Å². The molecule has 4 aromatic rings. The zero-order chi connectivity index (χ0) is 14.4. The minimum Gasteiger partial charge on any atom is -1.00 e. The Morgan fingerprint density at radius 1 is 1.00 bits per heavy atom. The standard InChI is InChI=1S/C18H17N3.ClH/c1-13-7-3-4-8-15(13)12-21-17-10-6-5-9-16(17)20-11-14(2)19-18(20)21;/h3-11H,12H2,1-2H3;1H. The van der Waals surface area contributed by atoms with Crippen molar-refractivity contribution in [3.05, 3.63) is 71.5 Å². The van der Waals surface area contributed by atoms with Crippen molar-refractivity contribution in [3.63, 3.8) is 0 Å². The molecule has 4 heteroatoms. The Kier molecular flexibility index (Phi) is 3.67. The highest BCUT2D eigenvalue weighted by molar-refractivity contribution is 5.75. The van der Waals surface area contributed by atoms with E-state index in [0.717, 1.165) is 12.3 Å². The van der Waals surface area contributed by atoms with Crippen LogP contribution in [0.2, 0.25) is 0 Å². The van der Waals surface area contributed by atoms with Crippen LogP contribution in [0, 0.1) is 13.8 Å². The van der Waals surface area contributed by atoms with E-state index in [1.165, 1.54) is 27.9 Å². The summed E-state index contributed by atoms with van der Waals surface area (Å²) >= 11 is 0. The fraction of sp³-hybridized carbons (Fsp3) is 0.167. The summed E-state index contributed by atoms with van der Waals surface area (Å²) in [7, 11) is 0. The van der Waals surface area contributed by atoms with E-state index in [2.05, 4.69) is 82.5 Å². The van der Waals surface area contributed by atoms with Crippen LogP contribution >= 0.6 is 0 Å². The molecule has 0 amide bonds. The maximum absolute atomic E-state index is 3.48. The summed E-state index contributed by atoms with van der Waals surface area (Å²) in [5.74, 6) is 1.14. The summed E-state index contributed by atoms with van der Waals surface area (Å²) in [5.41, 5.74) is 6.36. The van der Waals surface area contributed by atoms with Crippen molar-refractivity contribution in [2.24, 2.45) is 0 Å². The van der Waals surface area contributed by atoms with E-state index in [1.807, 2.05) is 0 Å². The molecule has 2 heterocycles. The quantitative estimate of drug-likeness (QED) is 0.518. The van der Waals surface area contributed by atoms with Crippen LogP contribution in [0.1, 0.15) is 16.8 Å². The highest BCUT2D eigenvalue weighted by Gasteiger charge is 2.19. The molecule has 1 N–H and O–H groups in total. The molecular weight excluding hydrogens is 294 g/mol. The average molecular weight is 312 g/mol. The first-order valence-corrected chi connectivity index (χ1v) is 7.27. The Hall–Kier alpha value is -2.26. The summed E-state index contributed by atoms with van der Waals surface area (Å²) < 4.78 is 4.59. The molecule has 0 saturated heterocycles.